The summed E-state index contributed by atoms with van der Waals surface area (Å²) in [6, 6.07) is 0. The van der Waals surface area contributed by atoms with E-state index in [9.17, 15) is 0 Å². The maximum Gasteiger partial charge on any atom is 0.0147 e. The lowest BCUT2D eigenvalue weighted by atomic mass is 10.3. The molecule has 1 heteroatoms. The van der Waals surface area contributed by atoms with Crippen LogP contribution >= 0.6 is 0 Å². The van der Waals surface area contributed by atoms with Crippen molar-refractivity contribution >= 4 is 0 Å². The number of nitrogens with one attached hydrogen (secondary N) is 1. The number of rotatable bonds is 0. The maximum atomic E-state index is 3.74. The van der Waals surface area contributed by atoms with Gasteiger partial charge in [0, 0.05) is 12.2 Å². The highest BCUT2D eigenvalue weighted by Crippen LogP contribution is 2.03. The molecule has 0 aromatic carbocycles. The molecule has 0 unspecified atom stereocenters. The van der Waals surface area contributed by atoms with E-state index >= 15 is 0 Å². The van der Waals surface area contributed by atoms with Crippen molar-refractivity contribution in [3.63, 3.8) is 0 Å². The molecule has 1 aliphatic heterocycles. The minimum Gasteiger partial charge on any atom is -0.389 e. The number of allylic oxidation sites excluding steroid dienone is 2. The van der Waals surface area contributed by atoms with Crippen molar-refractivity contribution in [1.82, 2.24) is 5.32 Å². The van der Waals surface area contributed by atoms with Gasteiger partial charge in [-0.2, -0.15) is 0 Å². The largest absolute Gasteiger partial charge is 0.389 e. The number of hydrogen-bond donors (Lipinski definition) is 1. The van der Waals surface area contributed by atoms with Crippen LogP contribution in [0.1, 0.15) is 19.8 Å². The lowest BCUT2D eigenvalue weighted by Gasteiger charge is -1.87. The lowest BCUT2D eigenvalue weighted by molar-refractivity contribution is 0.904. The Morgan fingerprint density at radius 3 is 2.33 bits per heavy atom. The maximum absolute atomic E-state index is 3.74. The minimum absolute atomic E-state index is 1.14. The summed E-state index contributed by atoms with van der Waals surface area (Å²) in [6.45, 7) is 10.1. The van der Waals surface area contributed by atoms with Crippen LogP contribution in [0.4, 0.5) is 0 Å². The molecule has 0 atom stereocenters. The molecule has 0 aliphatic carbocycles. The number of hydrogen-bond acceptors (Lipinski definition) is 1. The van der Waals surface area contributed by atoms with E-state index in [4.69, 9.17) is 0 Å². The van der Waals surface area contributed by atoms with Crippen molar-refractivity contribution in [3.05, 3.63) is 24.9 Å². The first-order valence-electron chi connectivity index (χ1n) is 3.30. The van der Waals surface area contributed by atoms with Gasteiger partial charge in [0.1, 0.15) is 0 Å². The highest BCUT2D eigenvalue weighted by Gasteiger charge is 1.98. The van der Waals surface area contributed by atoms with Crippen LogP contribution in [0.25, 0.3) is 0 Å². The third-order valence-corrected chi connectivity index (χ3v) is 1.03. The predicted octanol–water partition coefficient (Wildman–Crippen LogP) is 2.08. The van der Waals surface area contributed by atoms with Crippen LogP contribution in [-0.4, -0.2) is 6.54 Å². The smallest absolute Gasteiger partial charge is 0.0147 e. The van der Waals surface area contributed by atoms with Crippen LogP contribution in [0.5, 0.6) is 0 Å². The van der Waals surface area contributed by atoms with Crippen LogP contribution < -0.4 is 5.32 Å². The molecule has 1 fully saturated rings. The molecular formula is C8H15N. The van der Waals surface area contributed by atoms with E-state index in [1.807, 2.05) is 6.92 Å². The Kier molecular flexibility index (Phi) is 4.98. The first-order chi connectivity index (χ1) is 4.31. The Bertz CT molecular complexity index is 86.7. The first kappa shape index (κ1) is 8.28. The summed E-state index contributed by atoms with van der Waals surface area (Å²) in [5.41, 5.74) is 1.20. The average Bonchev–Trinajstić information content (AvgIpc) is 2.20. The van der Waals surface area contributed by atoms with E-state index in [2.05, 4.69) is 18.5 Å². The summed E-state index contributed by atoms with van der Waals surface area (Å²) in [5, 5.41) is 3.12. The van der Waals surface area contributed by atoms with Crippen molar-refractivity contribution in [3.8, 4) is 0 Å². The zero-order valence-electron chi connectivity index (χ0n) is 6.11. The molecule has 0 spiro atoms. The van der Waals surface area contributed by atoms with Crippen LogP contribution in [-0.2, 0) is 0 Å². The Balaban J connectivity index is 0.000000187. The van der Waals surface area contributed by atoms with Gasteiger partial charge in [-0.1, -0.05) is 12.7 Å². The summed E-state index contributed by atoms with van der Waals surface area (Å²) in [6.07, 6.45) is 4.21. The van der Waals surface area contributed by atoms with Crippen LogP contribution in [0.2, 0.25) is 0 Å². The van der Waals surface area contributed by atoms with Gasteiger partial charge in [0.15, 0.2) is 0 Å². The van der Waals surface area contributed by atoms with Crippen molar-refractivity contribution < 1.29 is 0 Å². The molecule has 1 saturated heterocycles. The van der Waals surface area contributed by atoms with Gasteiger partial charge in [0.25, 0.3) is 0 Å². The van der Waals surface area contributed by atoms with Gasteiger partial charge in [-0.05, 0) is 19.8 Å². The van der Waals surface area contributed by atoms with E-state index in [1.165, 1.54) is 18.5 Å². The predicted molar refractivity (Wildman–Crippen MR) is 42.2 cm³/mol. The highest BCUT2D eigenvalue weighted by atomic mass is 14.9. The molecule has 1 nitrogen and oxygen atoms in total. The molecule has 1 aliphatic rings. The standard InChI is InChI=1S/C5H9N.C3H6/c1-5-3-2-4-6-5;1-3-2/h6H,1-4H2;3H,1H2,2H3. The topological polar surface area (TPSA) is 12.0 Å². The second-order valence-electron chi connectivity index (χ2n) is 2.04. The average molecular weight is 125 g/mol. The fourth-order valence-corrected chi connectivity index (χ4v) is 0.655. The van der Waals surface area contributed by atoms with E-state index in [1.54, 1.807) is 6.08 Å². The molecule has 0 aromatic heterocycles. The molecule has 0 amide bonds. The second kappa shape index (κ2) is 5.42. The van der Waals surface area contributed by atoms with Gasteiger partial charge >= 0.3 is 0 Å². The van der Waals surface area contributed by atoms with Gasteiger partial charge in [-0.3, -0.25) is 0 Å². The molecule has 0 bridgehead atoms. The van der Waals surface area contributed by atoms with Gasteiger partial charge in [0.2, 0.25) is 0 Å². The van der Waals surface area contributed by atoms with Crippen LogP contribution in [0, 0.1) is 0 Å². The fraction of sp³-hybridized carbons (Fsp3) is 0.500. The first-order valence-corrected chi connectivity index (χ1v) is 3.30. The minimum atomic E-state index is 1.14. The Morgan fingerprint density at radius 2 is 2.22 bits per heavy atom. The quantitative estimate of drug-likeness (QED) is 0.489. The molecule has 52 valence electrons. The lowest BCUT2D eigenvalue weighted by Crippen LogP contribution is -2.00. The van der Waals surface area contributed by atoms with E-state index in [-0.39, 0.29) is 0 Å². The SMILES string of the molecule is C=C1CCCN1.C=CC. The summed E-state index contributed by atoms with van der Waals surface area (Å²) in [5.74, 6) is 0. The van der Waals surface area contributed by atoms with Crippen molar-refractivity contribution in [2.45, 2.75) is 19.8 Å². The van der Waals surface area contributed by atoms with E-state index in [0.29, 0.717) is 0 Å². The second-order valence-corrected chi connectivity index (χ2v) is 2.04. The summed E-state index contributed by atoms with van der Waals surface area (Å²) >= 11 is 0. The van der Waals surface area contributed by atoms with E-state index < -0.39 is 0 Å². The highest BCUT2D eigenvalue weighted by molar-refractivity contribution is 4.95. The molecular weight excluding hydrogens is 110 g/mol. The van der Waals surface area contributed by atoms with Crippen molar-refractivity contribution in [1.29, 1.82) is 0 Å². The fourth-order valence-electron chi connectivity index (χ4n) is 0.655. The monoisotopic (exact) mass is 125 g/mol. The van der Waals surface area contributed by atoms with Crippen LogP contribution in [0.15, 0.2) is 24.9 Å². The zero-order valence-corrected chi connectivity index (χ0v) is 6.11. The van der Waals surface area contributed by atoms with Gasteiger partial charge in [-0.15, -0.1) is 6.58 Å². The third kappa shape index (κ3) is 5.15. The van der Waals surface area contributed by atoms with Crippen molar-refractivity contribution in [2.24, 2.45) is 0 Å². The Hall–Kier alpha value is -0.720. The molecule has 0 saturated carbocycles. The Morgan fingerprint density at radius 1 is 1.67 bits per heavy atom. The van der Waals surface area contributed by atoms with Crippen LogP contribution in [0.3, 0.4) is 0 Å². The third-order valence-electron chi connectivity index (χ3n) is 1.03. The van der Waals surface area contributed by atoms with E-state index in [0.717, 1.165) is 6.54 Å². The molecule has 0 radical (unpaired) electrons. The van der Waals surface area contributed by atoms with Gasteiger partial charge < -0.3 is 5.32 Å². The molecule has 1 rings (SSSR count). The molecule has 1 N–H and O–H groups in total. The molecule has 9 heavy (non-hydrogen) atoms. The molecule has 1 heterocycles. The Labute approximate surface area is 57.5 Å². The zero-order chi connectivity index (χ0) is 7.11. The van der Waals surface area contributed by atoms with Crippen molar-refractivity contribution in [2.75, 3.05) is 6.54 Å². The summed E-state index contributed by atoms with van der Waals surface area (Å²) in [4.78, 5) is 0. The normalized spacial score (nSPS) is 15.4. The van der Waals surface area contributed by atoms with Gasteiger partial charge in [0.05, 0.1) is 0 Å². The summed E-state index contributed by atoms with van der Waals surface area (Å²) in [7, 11) is 0. The summed E-state index contributed by atoms with van der Waals surface area (Å²) < 4.78 is 0. The molecule has 0 aromatic rings. The van der Waals surface area contributed by atoms with Gasteiger partial charge in [-0.25, -0.2) is 0 Å².